The van der Waals surface area contributed by atoms with Gasteiger partial charge in [0.2, 0.25) is 4.73 Å². The molecule has 7 heteroatoms. The molecular weight excluding hydrogens is 445 g/mol. The Morgan fingerprint density at radius 2 is 1.87 bits per heavy atom. The summed E-state index contributed by atoms with van der Waals surface area (Å²) >= 11 is 12.9. The molecule has 116 valence electrons. The SMILES string of the molecule is O=C(c1ccccc1)c1cc(Cl)ccc1-n1c(Br)nnc1CBr. The summed E-state index contributed by atoms with van der Waals surface area (Å²) in [6.07, 6.45) is 0. The van der Waals surface area contributed by atoms with Gasteiger partial charge < -0.3 is 0 Å². The summed E-state index contributed by atoms with van der Waals surface area (Å²) in [6, 6.07) is 14.3. The van der Waals surface area contributed by atoms with E-state index in [1.165, 1.54) is 0 Å². The normalized spacial score (nSPS) is 10.7. The summed E-state index contributed by atoms with van der Waals surface area (Å²) in [5.41, 5.74) is 1.77. The van der Waals surface area contributed by atoms with Gasteiger partial charge in [-0.3, -0.25) is 9.36 Å². The average molecular weight is 456 g/mol. The third-order valence-electron chi connectivity index (χ3n) is 3.29. The van der Waals surface area contributed by atoms with Gasteiger partial charge >= 0.3 is 0 Å². The number of alkyl halides is 1. The van der Waals surface area contributed by atoms with E-state index in [1.54, 1.807) is 34.9 Å². The summed E-state index contributed by atoms with van der Waals surface area (Å²) in [7, 11) is 0. The first-order valence-electron chi connectivity index (χ1n) is 6.67. The molecule has 4 nitrogen and oxygen atoms in total. The second kappa shape index (κ2) is 6.95. The van der Waals surface area contributed by atoms with Crippen LogP contribution in [0.25, 0.3) is 5.69 Å². The van der Waals surface area contributed by atoms with Crippen LogP contribution in [-0.2, 0) is 5.33 Å². The van der Waals surface area contributed by atoms with Gasteiger partial charge in [0.15, 0.2) is 5.78 Å². The fourth-order valence-corrected chi connectivity index (χ4v) is 3.26. The number of hydrogen-bond donors (Lipinski definition) is 0. The Labute approximate surface area is 154 Å². The van der Waals surface area contributed by atoms with Crippen LogP contribution in [-0.4, -0.2) is 20.5 Å². The molecule has 0 unspecified atom stereocenters. The summed E-state index contributed by atoms with van der Waals surface area (Å²) in [5.74, 6) is 0.575. The standard InChI is InChI=1S/C16H10Br2ClN3O/c17-9-14-20-21-16(18)22(14)13-7-6-11(19)8-12(13)15(23)10-4-2-1-3-5-10/h1-8H,9H2. The molecule has 3 rings (SSSR count). The highest BCUT2D eigenvalue weighted by Gasteiger charge is 2.19. The van der Waals surface area contributed by atoms with Crippen molar-refractivity contribution in [1.29, 1.82) is 0 Å². The molecule has 1 aromatic heterocycles. The van der Waals surface area contributed by atoms with Crippen molar-refractivity contribution in [1.82, 2.24) is 14.8 Å². The number of benzene rings is 2. The Kier molecular flexibility index (Phi) is 4.94. The van der Waals surface area contributed by atoms with Gasteiger partial charge in [0, 0.05) is 16.1 Å². The predicted octanol–water partition coefficient (Wildman–Crippen LogP) is 4.81. The maximum atomic E-state index is 12.9. The van der Waals surface area contributed by atoms with E-state index in [2.05, 4.69) is 42.1 Å². The first-order valence-corrected chi connectivity index (χ1v) is 8.96. The predicted molar refractivity (Wildman–Crippen MR) is 96.6 cm³/mol. The number of rotatable bonds is 4. The molecule has 0 radical (unpaired) electrons. The van der Waals surface area contributed by atoms with Crippen LogP contribution in [0.5, 0.6) is 0 Å². The lowest BCUT2D eigenvalue weighted by atomic mass is 10.0. The lowest BCUT2D eigenvalue weighted by molar-refractivity contribution is 0.103. The van der Waals surface area contributed by atoms with Crippen LogP contribution in [0.4, 0.5) is 0 Å². The maximum Gasteiger partial charge on any atom is 0.204 e. The van der Waals surface area contributed by atoms with Crippen molar-refractivity contribution < 1.29 is 4.79 Å². The molecule has 2 aromatic carbocycles. The molecule has 1 heterocycles. The maximum absolute atomic E-state index is 12.9. The van der Waals surface area contributed by atoms with Crippen molar-refractivity contribution >= 4 is 49.2 Å². The first-order chi connectivity index (χ1) is 11.1. The zero-order chi connectivity index (χ0) is 16.4. The zero-order valence-corrected chi connectivity index (χ0v) is 15.6. The number of ketones is 1. The van der Waals surface area contributed by atoms with Crippen LogP contribution < -0.4 is 0 Å². The molecule has 23 heavy (non-hydrogen) atoms. The fourth-order valence-electron chi connectivity index (χ4n) is 2.25. The second-order valence-corrected chi connectivity index (χ2v) is 6.42. The van der Waals surface area contributed by atoms with E-state index in [4.69, 9.17) is 11.6 Å². The Morgan fingerprint density at radius 3 is 2.57 bits per heavy atom. The van der Waals surface area contributed by atoms with Crippen LogP contribution in [0, 0.1) is 0 Å². The van der Waals surface area contributed by atoms with Gasteiger partial charge in [0.1, 0.15) is 5.82 Å². The van der Waals surface area contributed by atoms with Crippen LogP contribution in [0.2, 0.25) is 5.02 Å². The number of nitrogens with zero attached hydrogens (tertiary/aromatic N) is 3. The quantitative estimate of drug-likeness (QED) is 0.419. The van der Waals surface area contributed by atoms with E-state index >= 15 is 0 Å². The zero-order valence-electron chi connectivity index (χ0n) is 11.7. The number of aromatic nitrogens is 3. The molecule has 0 aliphatic rings. The van der Waals surface area contributed by atoms with Gasteiger partial charge in [0.25, 0.3) is 0 Å². The van der Waals surface area contributed by atoms with E-state index in [9.17, 15) is 4.79 Å². The smallest absolute Gasteiger partial charge is 0.204 e. The summed E-state index contributed by atoms with van der Waals surface area (Å²) in [4.78, 5) is 12.9. The Balaban J connectivity index is 2.20. The van der Waals surface area contributed by atoms with Crippen molar-refractivity contribution in [3.05, 3.63) is 75.2 Å². The van der Waals surface area contributed by atoms with E-state index in [1.807, 2.05) is 18.2 Å². The van der Waals surface area contributed by atoms with Crippen LogP contribution in [0.3, 0.4) is 0 Å². The molecule has 0 aliphatic carbocycles. The van der Waals surface area contributed by atoms with Crippen LogP contribution >= 0.6 is 43.5 Å². The lowest BCUT2D eigenvalue weighted by Crippen LogP contribution is -2.09. The average Bonchev–Trinajstić information content (AvgIpc) is 2.95. The molecule has 3 aromatic rings. The molecule has 0 amide bonds. The molecule has 0 aliphatic heterocycles. The minimum atomic E-state index is -0.107. The third-order valence-corrected chi connectivity index (χ3v) is 4.54. The molecule has 0 atom stereocenters. The van der Waals surface area contributed by atoms with Gasteiger partial charge in [-0.2, -0.15) is 0 Å². The summed E-state index contributed by atoms with van der Waals surface area (Å²) in [5, 5.41) is 9.10. The van der Waals surface area contributed by atoms with Crippen molar-refractivity contribution in [2.75, 3.05) is 0 Å². The molecule has 0 saturated carbocycles. The number of carbonyl (C=O) groups is 1. The van der Waals surface area contributed by atoms with E-state index in [-0.39, 0.29) is 5.78 Å². The van der Waals surface area contributed by atoms with Gasteiger partial charge in [-0.15, -0.1) is 10.2 Å². The highest BCUT2D eigenvalue weighted by molar-refractivity contribution is 9.10. The number of carbonyl (C=O) groups excluding carboxylic acids is 1. The topological polar surface area (TPSA) is 47.8 Å². The van der Waals surface area contributed by atoms with Gasteiger partial charge in [-0.05, 0) is 34.1 Å². The molecule has 0 spiro atoms. The summed E-state index contributed by atoms with van der Waals surface area (Å²) < 4.78 is 2.30. The van der Waals surface area contributed by atoms with Crippen LogP contribution in [0.1, 0.15) is 21.7 Å². The molecule has 0 bridgehead atoms. The largest absolute Gasteiger partial charge is 0.289 e. The van der Waals surface area contributed by atoms with Crippen LogP contribution in [0.15, 0.2) is 53.3 Å². The van der Waals surface area contributed by atoms with E-state index < -0.39 is 0 Å². The summed E-state index contributed by atoms with van der Waals surface area (Å²) in [6.45, 7) is 0. The molecule has 0 N–H and O–H groups in total. The highest BCUT2D eigenvalue weighted by Crippen LogP contribution is 2.27. The molecule has 0 saturated heterocycles. The number of hydrogen-bond acceptors (Lipinski definition) is 3. The Hall–Kier alpha value is -1.50. The number of halogens is 3. The monoisotopic (exact) mass is 453 g/mol. The van der Waals surface area contributed by atoms with E-state index in [0.717, 1.165) is 0 Å². The second-order valence-electron chi connectivity index (χ2n) is 4.71. The van der Waals surface area contributed by atoms with Crippen molar-refractivity contribution in [2.45, 2.75) is 5.33 Å². The third kappa shape index (κ3) is 3.24. The van der Waals surface area contributed by atoms with Crippen molar-refractivity contribution in [3.8, 4) is 5.69 Å². The first kappa shape index (κ1) is 16.4. The fraction of sp³-hybridized carbons (Fsp3) is 0.0625. The lowest BCUT2D eigenvalue weighted by Gasteiger charge is -2.12. The molecular formula is C16H10Br2ClN3O. The molecule has 0 fully saturated rings. The highest BCUT2D eigenvalue weighted by atomic mass is 79.9. The van der Waals surface area contributed by atoms with Crippen molar-refractivity contribution in [2.24, 2.45) is 0 Å². The Morgan fingerprint density at radius 1 is 1.13 bits per heavy atom. The minimum Gasteiger partial charge on any atom is -0.289 e. The minimum absolute atomic E-state index is 0.107. The van der Waals surface area contributed by atoms with Crippen molar-refractivity contribution in [3.63, 3.8) is 0 Å². The Bertz CT molecular complexity index is 865. The van der Waals surface area contributed by atoms with Gasteiger partial charge in [0.05, 0.1) is 11.0 Å². The van der Waals surface area contributed by atoms with E-state index in [0.29, 0.717) is 37.7 Å². The van der Waals surface area contributed by atoms with Gasteiger partial charge in [-0.25, -0.2) is 0 Å². The van der Waals surface area contributed by atoms with Gasteiger partial charge in [-0.1, -0.05) is 57.9 Å².